The van der Waals surface area contributed by atoms with Crippen molar-refractivity contribution < 1.29 is 24.2 Å². The Hall–Kier alpha value is -2.40. The molecule has 2 fully saturated rings. The predicted octanol–water partition coefficient (Wildman–Crippen LogP) is 3.76. The molecule has 5 heteroatoms. The van der Waals surface area contributed by atoms with Gasteiger partial charge in [-0.3, -0.25) is 9.59 Å². The van der Waals surface area contributed by atoms with Gasteiger partial charge in [-0.2, -0.15) is 0 Å². The minimum atomic E-state index is -1.21. The number of aromatic hydroxyl groups is 1. The van der Waals surface area contributed by atoms with Crippen LogP contribution in [-0.2, 0) is 9.53 Å². The van der Waals surface area contributed by atoms with E-state index in [1.807, 2.05) is 33.8 Å². The molecule has 0 amide bonds. The van der Waals surface area contributed by atoms with Crippen molar-refractivity contribution in [1.82, 2.24) is 0 Å². The van der Waals surface area contributed by atoms with Crippen LogP contribution in [0, 0.1) is 11.8 Å². The van der Waals surface area contributed by atoms with Crippen LogP contribution in [0.15, 0.2) is 41.5 Å². The molecule has 4 unspecified atom stereocenters. The smallest absolute Gasteiger partial charge is 0.196 e. The molecule has 1 saturated carbocycles. The molecule has 2 aliphatic heterocycles. The number of phenols is 1. The summed E-state index contributed by atoms with van der Waals surface area (Å²) in [6.07, 6.45) is 4.79. The summed E-state index contributed by atoms with van der Waals surface area (Å²) >= 11 is 0. The van der Waals surface area contributed by atoms with Gasteiger partial charge >= 0.3 is 0 Å². The van der Waals surface area contributed by atoms with Gasteiger partial charge in [-0.15, -0.1) is 0 Å². The Balaban J connectivity index is 1.80. The highest BCUT2D eigenvalue weighted by Crippen LogP contribution is 2.67. The van der Waals surface area contributed by atoms with Gasteiger partial charge in [0.15, 0.2) is 22.8 Å². The van der Waals surface area contributed by atoms with Crippen LogP contribution in [0.1, 0.15) is 50.9 Å². The van der Waals surface area contributed by atoms with Gasteiger partial charge in [0.1, 0.15) is 11.5 Å². The van der Waals surface area contributed by atoms with Crippen LogP contribution >= 0.6 is 0 Å². The predicted molar refractivity (Wildman–Crippen MR) is 102 cm³/mol. The molecule has 2 heterocycles. The van der Waals surface area contributed by atoms with E-state index >= 15 is 0 Å². The molecule has 28 heavy (non-hydrogen) atoms. The zero-order chi connectivity index (χ0) is 20.1. The first-order valence-electron chi connectivity index (χ1n) is 9.79. The number of carbonyl (C=O) groups is 2. The molecule has 3 aliphatic carbocycles. The molecule has 4 bridgehead atoms. The Morgan fingerprint density at radius 2 is 2.04 bits per heavy atom. The van der Waals surface area contributed by atoms with Crippen molar-refractivity contribution in [1.29, 1.82) is 0 Å². The van der Waals surface area contributed by atoms with Crippen molar-refractivity contribution in [3.63, 3.8) is 0 Å². The monoisotopic (exact) mass is 380 g/mol. The summed E-state index contributed by atoms with van der Waals surface area (Å²) < 4.78 is 13.1. The maximum atomic E-state index is 13.6. The highest BCUT2D eigenvalue weighted by molar-refractivity contribution is 6.16. The molecular weight excluding hydrogens is 356 g/mol. The lowest BCUT2D eigenvalue weighted by Crippen LogP contribution is -2.72. The third-order valence-electron chi connectivity index (χ3n) is 6.88. The topological polar surface area (TPSA) is 72.8 Å². The van der Waals surface area contributed by atoms with E-state index in [0.717, 1.165) is 5.57 Å². The molecule has 6 rings (SSSR count). The standard InChI is InChI=1S/C23H24O5/c1-12(2)7-8-22-20(26)13-9-16-19(25)15-11-14(24)5-6-17(15)27-23(16,22)18(10-13)21(3,4)28-22/h5-7,9,11,13,18,24H,8,10H2,1-4H3. The molecule has 0 aromatic heterocycles. The number of Topliss-reactive ketones (excluding diaryl/α,β-unsaturated/α-hetero) is 2. The van der Waals surface area contributed by atoms with E-state index in [9.17, 15) is 14.7 Å². The zero-order valence-electron chi connectivity index (χ0n) is 16.5. The van der Waals surface area contributed by atoms with Crippen molar-refractivity contribution in [2.75, 3.05) is 0 Å². The second-order valence-corrected chi connectivity index (χ2v) is 9.20. The maximum Gasteiger partial charge on any atom is 0.196 e. The second kappa shape index (κ2) is 5.15. The van der Waals surface area contributed by atoms with Crippen LogP contribution in [0.25, 0.3) is 0 Å². The molecule has 4 atom stereocenters. The summed E-state index contributed by atoms with van der Waals surface area (Å²) in [7, 11) is 0. The minimum absolute atomic E-state index is 0.00519. The van der Waals surface area contributed by atoms with Crippen molar-refractivity contribution in [3.05, 3.63) is 47.1 Å². The zero-order valence-corrected chi connectivity index (χ0v) is 16.5. The van der Waals surface area contributed by atoms with E-state index < -0.39 is 16.8 Å². The maximum absolute atomic E-state index is 13.6. The molecule has 5 nitrogen and oxygen atoms in total. The molecule has 1 N–H and O–H groups in total. The molecule has 1 aromatic rings. The number of hydrogen-bond donors (Lipinski definition) is 1. The number of benzene rings is 1. The van der Waals surface area contributed by atoms with E-state index in [4.69, 9.17) is 9.47 Å². The summed E-state index contributed by atoms with van der Waals surface area (Å²) in [6, 6.07) is 4.55. The van der Waals surface area contributed by atoms with Crippen molar-refractivity contribution in [2.45, 2.75) is 57.3 Å². The Labute approximate surface area is 164 Å². The highest BCUT2D eigenvalue weighted by atomic mass is 16.6. The van der Waals surface area contributed by atoms with Gasteiger partial charge in [-0.25, -0.2) is 0 Å². The van der Waals surface area contributed by atoms with Gasteiger partial charge in [-0.1, -0.05) is 17.7 Å². The van der Waals surface area contributed by atoms with Crippen molar-refractivity contribution >= 4 is 11.6 Å². The van der Waals surface area contributed by atoms with Gasteiger partial charge in [-0.05, 0) is 52.3 Å². The van der Waals surface area contributed by atoms with Gasteiger partial charge in [0.05, 0.1) is 11.2 Å². The number of hydrogen-bond acceptors (Lipinski definition) is 5. The number of carbonyl (C=O) groups excluding carboxylic acids is 2. The van der Waals surface area contributed by atoms with Gasteiger partial charge in [0, 0.05) is 23.8 Å². The highest BCUT2D eigenvalue weighted by Gasteiger charge is 2.80. The Morgan fingerprint density at radius 3 is 2.75 bits per heavy atom. The first kappa shape index (κ1) is 17.7. The van der Waals surface area contributed by atoms with Gasteiger partial charge < -0.3 is 14.6 Å². The molecular formula is C23H24O5. The molecule has 5 aliphatic rings. The number of phenolic OH excluding ortho intramolecular Hbond substituents is 1. The van der Waals surface area contributed by atoms with Gasteiger partial charge in [0.2, 0.25) is 0 Å². The van der Waals surface area contributed by atoms with E-state index in [1.165, 1.54) is 12.1 Å². The molecule has 1 spiro atoms. The second-order valence-electron chi connectivity index (χ2n) is 9.20. The largest absolute Gasteiger partial charge is 0.508 e. The van der Waals surface area contributed by atoms with Crippen LogP contribution in [0.5, 0.6) is 11.5 Å². The lowest BCUT2D eigenvalue weighted by Gasteiger charge is -2.56. The van der Waals surface area contributed by atoms with Crippen molar-refractivity contribution in [3.8, 4) is 11.5 Å². The van der Waals surface area contributed by atoms with Crippen LogP contribution in [0.2, 0.25) is 0 Å². The normalized spacial score (nSPS) is 36.4. The number of rotatable bonds is 2. The third kappa shape index (κ3) is 1.86. The average molecular weight is 380 g/mol. The first-order valence-corrected chi connectivity index (χ1v) is 9.79. The van der Waals surface area contributed by atoms with E-state index in [0.29, 0.717) is 29.7 Å². The van der Waals surface area contributed by atoms with Crippen LogP contribution < -0.4 is 4.74 Å². The fourth-order valence-corrected chi connectivity index (χ4v) is 5.78. The summed E-state index contributed by atoms with van der Waals surface area (Å²) in [4.78, 5) is 27.0. The molecule has 1 saturated heterocycles. The van der Waals surface area contributed by atoms with Crippen LogP contribution in [0.3, 0.4) is 0 Å². The summed E-state index contributed by atoms with van der Waals surface area (Å²) in [5, 5.41) is 9.86. The minimum Gasteiger partial charge on any atom is -0.508 e. The number of allylic oxidation sites excluding steroid dienone is 2. The van der Waals surface area contributed by atoms with E-state index in [1.54, 1.807) is 12.1 Å². The lowest BCUT2D eigenvalue weighted by atomic mass is 9.51. The molecule has 146 valence electrons. The van der Waals surface area contributed by atoms with Gasteiger partial charge in [0.25, 0.3) is 0 Å². The number of ether oxygens (including phenoxy) is 2. The third-order valence-corrected chi connectivity index (χ3v) is 6.88. The first-order chi connectivity index (χ1) is 13.1. The fraction of sp³-hybridized carbons (Fsp3) is 0.478. The SMILES string of the molecule is CC(C)=CCC12OC(C)(C)C3CC(C=C4C(=O)c5cc(O)ccc5OC431)C2=O. The lowest BCUT2D eigenvalue weighted by molar-refractivity contribution is -0.171. The van der Waals surface area contributed by atoms with E-state index in [2.05, 4.69) is 0 Å². The quantitative estimate of drug-likeness (QED) is 0.791. The number of fused-ring (bicyclic) bond motifs is 1. The van der Waals surface area contributed by atoms with Crippen molar-refractivity contribution in [2.24, 2.45) is 11.8 Å². The van der Waals surface area contributed by atoms with E-state index in [-0.39, 0.29) is 29.2 Å². The number of ketones is 2. The fourth-order valence-electron chi connectivity index (χ4n) is 5.78. The molecule has 0 radical (unpaired) electrons. The van der Waals surface area contributed by atoms with Crippen LogP contribution in [0.4, 0.5) is 0 Å². The summed E-state index contributed by atoms with van der Waals surface area (Å²) in [6.45, 7) is 7.95. The Morgan fingerprint density at radius 1 is 1.29 bits per heavy atom. The summed E-state index contributed by atoms with van der Waals surface area (Å²) in [5.41, 5.74) is -1.01. The Kier molecular flexibility index (Phi) is 3.25. The van der Waals surface area contributed by atoms with Crippen LogP contribution in [-0.4, -0.2) is 33.5 Å². The Bertz CT molecular complexity index is 996. The molecule has 1 aromatic carbocycles. The average Bonchev–Trinajstić information content (AvgIpc) is 2.78. The summed E-state index contributed by atoms with van der Waals surface area (Å²) in [5.74, 6) is -0.211.